The second-order valence-corrected chi connectivity index (χ2v) is 5.56. The molecule has 0 atom stereocenters. The van der Waals surface area contributed by atoms with Gasteiger partial charge in [0.05, 0.1) is 6.61 Å². The van der Waals surface area contributed by atoms with Crippen LogP contribution < -0.4 is 15.6 Å². The Bertz CT molecular complexity index is 673. The molecule has 1 aromatic heterocycles. The van der Waals surface area contributed by atoms with Gasteiger partial charge < -0.3 is 9.72 Å². The fraction of sp³-hybridized carbons (Fsp3) is 0.200. The van der Waals surface area contributed by atoms with Gasteiger partial charge in [0.2, 0.25) is 5.91 Å². The Hall–Kier alpha value is -2.35. The van der Waals surface area contributed by atoms with Gasteiger partial charge in [-0.3, -0.25) is 20.4 Å². The monoisotopic (exact) mass is 383 g/mol. The highest BCUT2D eigenvalue weighted by Crippen LogP contribution is 2.11. The quantitative estimate of drug-likeness (QED) is 0.529. The highest BCUT2D eigenvalue weighted by molar-refractivity contribution is 9.10. The number of hydrazine groups is 1. The third kappa shape index (κ3) is 5.74. The SMILES string of the molecule is O=C(CCCOc1ccc(F)cc1)NNC(=O)c1cc(Br)c[nH]1. The fourth-order valence-electron chi connectivity index (χ4n) is 1.71. The first-order valence-corrected chi connectivity index (χ1v) is 7.65. The third-order valence-electron chi connectivity index (χ3n) is 2.84. The highest BCUT2D eigenvalue weighted by atomic mass is 79.9. The van der Waals surface area contributed by atoms with Crippen LogP contribution in [0.3, 0.4) is 0 Å². The minimum atomic E-state index is -0.438. The zero-order chi connectivity index (χ0) is 16.7. The zero-order valence-corrected chi connectivity index (χ0v) is 13.7. The Kier molecular flexibility index (Phi) is 6.16. The van der Waals surface area contributed by atoms with Crippen LogP contribution in [0.15, 0.2) is 41.0 Å². The van der Waals surface area contributed by atoms with E-state index in [1.165, 1.54) is 24.3 Å². The van der Waals surface area contributed by atoms with Crippen LogP contribution in [0.5, 0.6) is 5.75 Å². The number of carbonyl (C=O) groups excluding carboxylic acids is 2. The van der Waals surface area contributed by atoms with Gasteiger partial charge in [-0.05, 0) is 52.7 Å². The lowest BCUT2D eigenvalue weighted by Crippen LogP contribution is -2.41. The fourth-order valence-corrected chi connectivity index (χ4v) is 2.05. The van der Waals surface area contributed by atoms with Crippen LogP contribution >= 0.6 is 15.9 Å². The molecule has 0 fully saturated rings. The molecule has 0 saturated heterocycles. The number of hydrogen-bond acceptors (Lipinski definition) is 3. The smallest absolute Gasteiger partial charge is 0.286 e. The summed E-state index contributed by atoms with van der Waals surface area (Å²) in [6.07, 6.45) is 2.27. The molecule has 8 heteroatoms. The molecule has 0 spiro atoms. The van der Waals surface area contributed by atoms with Gasteiger partial charge in [0.15, 0.2) is 0 Å². The second-order valence-electron chi connectivity index (χ2n) is 4.64. The van der Waals surface area contributed by atoms with Crippen LogP contribution in [-0.2, 0) is 4.79 Å². The topological polar surface area (TPSA) is 83.2 Å². The van der Waals surface area contributed by atoms with Gasteiger partial charge in [0.25, 0.3) is 5.91 Å². The number of hydrogen-bond donors (Lipinski definition) is 3. The summed E-state index contributed by atoms with van der Waals surface area (Å²) in [7, 11) is 0. The van der Waals surface area contributed by atoms with Crippen LogP contribution in [0.25, 0.3) is 0 Å². The third-order valence-corrected chi connectivity index (χ3v) is 3.30. The van der Waals surface area contributed by atoms with E-state index >= 15 is 0 Å². The maximum atomic E-state index is 12.7. The first-order chi connectivity index (χ1) is 11.0. The summed E-state index contributed by atoms with van der Waals surface area (Å²) in [5.74, 6) is -0.558. The molecule has 23 heavy (non-hydrogen) atoms. The van der Waals surface area contributed by atoms with E-state index in [-0.39, 0.29) is 18.1 Å². The summed E-state index contributed by atoms with van der Waals surface area (Å²) in [6.45, 7) is 0.316. The van der Waals surface area contributed by atoms with Crippen LogP contribution in [0.1, 0.15) is 23.3 Å². The van der Waals surface area contributed by atoms with Crippen molar-refractivity contribution in [2.45, 2.75) is 12.8 Å². The Balaban J connectivity index is 1.61. The number of carbonyl (C=O) groups is 2. The molecule has 0 aliphatic heterocycles. The predicted octanol–water partition coefficient (Wildman–Crippen LogP) is 2.54. The Morgan fingerprint density at radius 3 is 2.61 bits per heavy atom. The predicted molar refractivity (Wildman–Crippen MR) is 85.2 cm³/mol. The highest BCUT2D eigenvalue weighted by Gasteiger charge is 2.09. The van der Waals surface area contributed by atoms with Crippen molar-refractivity contribution >= 4 is 27.7 Å². The van der Waals surface area contributed by atoms with Gasteiger partial charge in [-0.1, -0.05) is 0 Å². The number of ether oxygens (including phenoxy) is 1. The summed E-state index contributed by atoms with van der Waals surface area (Å²) >= 11 is 3.21. The Labute approximate surface area is 140 Å². The lowest BCUT2D eigenvalue weighted by atomic mass is 10.3. The standard InChI is InChI=1S/C15H15BrFN3O3/c16-10-8-13(18-9-10)15(22)20-19-14(21)2-1-7-23-12-5-3-11(17)4-6-12/h3-6,8-9,18H,1-2,7H2,(H,19,21)(H,20,22). The van der Waals surface area contributed by atoms with Crippen molar-refractivity contribution in [1.29, 1.82) is 0 Å². The van der Waals surface area contributed by atoms with Crippen LogP contribution in [0.4, 0.5) is 4.39 Å². The minimum Gasteiger partial charge on any atom is -0.494 e. The van der Waals surface area contributed by atoms with E-state index in [1.54, 1.807) is 12.3 Å². The maximum Gasteiger partial charge on any atom is 0.286 e. The lowest BCUT2D eigenvalue weighted by Gasteiger charge is -2.07. The maximum absolute atomic E-state index is 12.7. The van der Waals surface area contributed by atoms with Gasteiger partial charge >= 0.3 is 0 Å². The molecule has 0 bridgehead atoms. The van der Waals surface area contributed by atoms with Crippen molar-refractivity contribution in [3.8, 4) is 5.75 Å². The number of rotatable bonds is 6. The molecular formula is C15H15BrFN3O3. The van der Waals surface area contributed by atoms with E-state index in [1.807, 2.05) is 0 Å². The lowest BCUT2D eigenvalue weighted by molar-refractivity contribution is -0.122. The molecule has 2 amide bonds. The summed E-state index contributed by atoms with van der Waals surface area (Å²) in [5, 5.41) is 0. The molecule has 0 aliphatic rings. The summed E-state index contributed by atoms with van der Waals surface area (Å²) in [5.41, 5.74) is 4.95. The van der Waals surface area contributed by atoms with Crippen molar-refractivity contribution in [1.82, 2.24) is 15.8 Å². The summed E-state index contributed by atoms with van der Waals surface area (Å²) in [4.78, 5) is 26.0. The number of halogens is 2. The summed E-state index contributed by atoms with van der Waals surface area (Å²) < 4.78 is 18.8. The molecule has 0 unspecified atom stereocenters. The van der Waals surface area contributed by atoms with E-state index in [2.05, 4.69) is 31.8 Å². The molecule has 122 valence electrons. The van der Waals surface area contributed by atoms with Gasteiger partial charge in [0.1, 0.15) is 17.3 Å². The minimum absolute atomic E-state index is 0.190. The van der Waals surface area contributed by atoms with E-state index < -0.39 is 5.91 Å². The van der Waals surface area contributed by atoms with Crippen LogP contribution in [-0.4, -0.2) is 23.4 Å². The second kappa shape index (κ2) is 8.33. The average Bonchev–Trinajstić information content (AvgIpc) is 2.97. The normalized spacial score (nSPS) is 10.2. The summed E-state index contributed by atoms with van der Waals surface area (Å²) in [6, 6.07) is 7.24. The molecule has 0 saturated carbocycles. The molecule has 0 radical (unpaired) electrons. The molecular weight excluding hydrogens is 369 g/mol. The van der Waals surface area contributed by atoms with Gasteiger partial charge in [-0.25, -0.2) is 4.39 Å². The number of aromatic nitrogens is 1. The Morgan fingerprint density at radius 2 is 1.96 bits per heavy atom. The van der Waals surface area contributed by atoms with Crippen LogP contribution in [0.2, 0.25) is 0 Å². The first kappa shape index (κ1) is 17.0. The molecule has 2 aromatic rings. The van der Waals surface area contributed by atoms with E-state index in [4.69, 9.17) is 4.74 Å². The number of nitrogens with one attached hydrogen (secondary N) is 3. The molecule has 1 aromatic carbocycles. The van der Waals surface area contributed by atoms with Crippen molar-refractivity contribution in [2.24, 2.45) is 0 Å². The van der Waals surface area contributed by atoms with E-state index in [9.17, 15) is 14.0 Å². The van der Waals surface area contributed by atoms with Gasteiger partial charge in [-0.15, -0.1) is 0 Å². The van der Waals surface area contributed by atoms with E-state index in [0.29, 0.717) is 24.5 Å². The average molecular weight is 384 g/mol. The van der Waals surface area contributed by atoms with Crippen molar-refractivity contribution in [3.63, 3.8) is 0 Å². The van der Waals surface area contributed by atoms with Gasteiger partial charge in [-0.2, -0.15) is 0 Å². The number of H-pyrrole nitrogens is 1. The molecule has 0 aliphatic carbocycles. The van der Waals surface area contributed by atoms with Crippen molar-refractivity contribution in [3.05, 3.63) is 52.5 Å². The molecule has 6 nitrogen and oxygen atoms in total. The van der Waals surface area contributed by atoms with Crippen molar-refractivity contribution < 1.29 is 18.7 Å². The largest absolute Gasteiger partial charge is 0.494 e. The molecule has 2 rings (SSSR count). The number of benzene rings is 1. The van der Waals surface area contributed by atoms with Crippen molar-refractivity contribution in [2.75, 3.05) is 6.61 Å². The molecule has 3 N–H and O–H groups in total. The zero-order valence-electron chi connectivity index (χ0n) is 12.1. The van der Waals surface area contributed by atoms with Crippen LogP contribution in [0, 0.1) is 5.82 Å². The molecule has 1 heterocycles. The van der Waals surface area contributed by atoms with Gasteiger partial charge in [0, 0.05) is 17.1 Å². The number of amides is 2. The number of aromatic amines is 1. The Morgan fingerprint density at radius 1 is 1.22 bits per heavy atom. The van der Waals surface area contributed by atoms with E-state index in [0.717, 1.165) is 4.47 Å². The first-order valence-electron chi connectivity index (χ1n) is 6.86.